The Morgan fingerprint density at radius 2 is 2.12 bits per heavy atom. The molecule has 0 fully saturated rings. The lowest BCUT2D eigenvalue weighted by atomic mass is 10.1. The summed E-state index contributed by atoms with van der Waals surface area (Å²) in [5.41, 5.74) is 1.09. The van der Waals surface area contributed by atoms with Gasteiger partial charge in [0.15, 0.2) is 17.2 Å². The van der Waals surface area contributed by atoms with Gasteiger partial charge >= 0.3 is 0 Å². The van der Waals surface area contributed by atoms with E-state index in [1.54, 1.807) is 24.3 Å². The van der Waals surface area contributed by atoms with E-state index in [-0.39, 0.29) is 5.69 Å². The maximum Gasteiger partial charge on any atom is 0.269 e. The largest absolute Gasteiger partial charge is 0.368 e. The fraction of sp³-hybridized carbons (Fsp3) is 0.0667. The highest BCUT2D eigenvalue weighted by molar-refractivity contribution is 7.99. The molecule has 0 saturated heterocycles. The first-order chi connectivity index (χ1) is 11.5. The number of aliphatic hydroxyl groups is 1. The average Bonchev–Trinajstić information content (AvgIpc) is 2.99. The van der Waals surface area contributed by atoms with E-state index in [9.17, 15) is 15.2 Å². The minimum absolute atomic E-state index is 0.0768. The average molecular weight is 361 g/mol. The molecule has 0 unspecified atom stereocenters. The van der Waals surface area contributed by atoms with Gasteiger partial charge in [-0.3, -0.25) is 10.1 Å². The summed E-state index contributed by atoms with van der Waals surface area (Å²) in [7, 11) is 0. The van der Waals surface area contributed by atoms with Crippen molar-refractivity contribution < 1.29 is 10.0 Å². The van der Waals surface area contributed by atoms with E-state index in [1.165, 1.54) is 28.6 Å². The van der Waals surface area contributed by atoms with Gasteiger partial charge in [0.1, 0.15) is 0 Å². The van der Waals surface area contributed by atoms with Crippen LogP contribution in [-0.2, 0) is 0 Å². The van der Waals surface area contributed by atoms with Crippen LogP contribution in [0.3, 0.4) is 0 Å². The maximum absolute atomic E-state index is 10.9. The van der Waals surface area contributed by atoms with Crippen molar-refractivity contribution in [2.45, 2.75) is 16.3 Å². The van der Waals surface area contributed by atoms with Gasteiger partial charge in [0.05, 0.1) is 4.92 Å². The first-order valence-corrected chi connectivity index (χ1v) is 8.09. The number of non-ortho nitro benzene ring substituents is 1. The fourth-order valence-electron chi connectivity index (χ4n) is 2.46. The molecule has 120 valence electrons. The van der Waals surface area contributed by atoms with Crippen LogP contribution in [0, 0.1) is 10.1 Å². The second-order valence-corrected chi connectivity index (χ2v) is 6.57. The summed E-state index contributed by atoms with van der Waals surface area (Å²) >= 11 is 7.29. The lowest BCUT2D eigenvalue weighted by molar-refractivity contribution is -0.385. The van der Waals surface area contributed by atoms with Gasteiger partial charge in [-0.05, 0) is 30.0 Å². The lowest BCUT2D eigenvalue weighted by Gasteiger charge is -2.21. The number of aliphatic hydroxyl groups excluding tert-OH is 1. The molecular formula is C15H9ClN4O3S. The van der Waals surface area contributed by atoms with E-state index >= 15 is 0 Å². The number of fused-ring (bicyclic) bond motifs is 2. The Hall–Kier alpha value is -2.42. The van der Waals surface area contributed by atoms with Crippen LogP contribution in [0.2, 0.25) is 5.02 Å². The molecule has 1 atom stereocenters. The molecule has 3 aromatic rings. The third kappa shape index (κ3) is 2.44. The molecule has 1 N–H and O–H groups in total. The molecule has 7 nitrogen and oxygen atoms in total. The normalized spacial score (nSPS) is 15.7. The SMILES string of the molecule is O=[N+]([O-])c1ccc2c(c1)[C@H](O)n1nc(-c3cccc(Cl)c3)nc1S2. The highest BCUT2D eigenvalue weighted by Crippen LogP contribution is 2.41. The number of rotatable bonds is 2. The number of halogens is 1. The standard InChI is InChI=1S/C15H9ClN4O3S/c16-9-3-1-2-8(6-9)13-17-15-19(18-13)14(21)11-7-10(20(22)23)4-5-12(11)24-15/h1-7,14,21H/t14-/m0/s1. The van der Waals surface area contributed by atoms with E-state index in [4.69, 9.17) is 11.6 Å². The zero-order valence-electron chi connectivity index (χ0n) is 12.0. The molecule has 0 radical (unpaired) electrons. The van der Waals surface area contributed by atoms with Gasteiger partial charge < -0.3 is 5.11 Å². The summed E-state index contributed by atoms with van der Waals surface area (Å²) in [6.07, 6.45) is -1.13. The molecule has 1 aliphatic rings. The predicted octanol–water partition coefficient (Wildman–Crippen LogP) is 3.51. The summed E-state index contributed by atoms with van der Waals surface area (Å²) in [5.74, 6) is 0.432. The van der Waals surface area contributed by atoms with Crippen molar-refractivity contribution >= 4 is 29.1 Å². The number of nitro groups is 1. The molecule has 0 saturated carbocycles. The number of hydrogen-bond donors (Lipinski definition) is 1. The molecule has 1 aliphatic heterocycles. The molecule has 0 aliphatic carbocycles. The van der Waals surface area contributed by atoms with Crippen LogP contribution in [0.4, 0.5) is 5.69 Å². The molecule has 24 heavy (non-hydrogen) atoms. The molecule has 0 amide bonds. The second-order valence-electron chi connectivity index (χ2n) is 5.13. The quantitative estimate of drug-likeness (QED) is 0.555. The van der Waals surface area contributed by atoms with E-state index < -0.39 is 11.2 Å². The van der Waals surface area contributed by atoms with Gasteiger partial charge in [0.25, 0.3) is 5.69 Å². The zero-order valence-corrected chi connectivity index (χ0v) is 13.5. The van der Waals surface area contributed by atoms with Crippen LogP contribution in [0.1, 0.15) is 11.8 Å². The van der Waals surface area contributed by atoms with E-state index in [1.807, 2.05) is 6.07 Å². The van der Waals surface area contributed by atoms with Crippen molar-refractivity contribution in [2.24, 2.45) is 0 Å². The van der Waals surface area contributed by atoms with E-state index in [2.05, 4.69) is 10.1 Å². The number of nitrogens with zero attached hydrogens (tertiary/aromatic N) is 4. The van der Waals surface area contributed by atoms with Crippen molar-refractivity contribution in [3.63, 3.8) is 0 Å². The first-order valence-electron chi connectivity index (χ1n) is 6.89. The van der Waals surface area contributed by atoms with Crippen LogP contribution in [0.25, 0.3) is 11.4 Å². The predicted molar refractivity (Wildman–Crippen MR) is 88.0 cm³/mol. The van der Waals surface area contributed by atoms with Crippen molar-refractivity contribution in [2.75, 3.05) is 0 Å². The van der Waals surface area contributed by atoms with Crippen LogP contribution < -0.4 is 0 Å². The van der Waals surface area contributed by atoms with Crippen molar-refractivity contribution in [3.8, 4) is 11.4 Å². The van der Waals surface area contributed by atoms with Gasteiger partial charge in [-0.15, -0.1) is 5.10 Å². The number of nitro benzene ring substituents is 1. The summed E-state index contributed by atoms with van der Waals surface area (Å²) < 4.78 is 1.35. The highest BCUT2D eigenvalue weighted by atomic mass is 35.5. The molecular weight excluding hydrogens is 352 g/mol. The number of hydrogen-bond acceptors (Lipinski definition) is 6. The third-order valence-corrected chi connectivity index (χ3v) is 4.89. The topological polar surface area (TPSA) is 94.1 Å². The van der Waals surface area contributed by atoms with Gasteiger partial charge in [-0.1, -0.05) is 23.7 Å². The highest BCUT2D eigenvalue weighted by Gasteiger charge is 2.29. The first kappa shape index (κ1) is 15.1. The molecule has 0 spiro atoms. The Morgan fingerprint density at radius 1 is 1.29 bits per heavy atom. The maximum atomic E-state index is 10.9. The van der Waals surface area contributed by atoms with Gasteiger partial charge in [0.2, 0.25) is 0 Å². The molecule has 9 heteroatoms. The fourth-order valence-corrected chi connectivity index (χ4v) is 3.63. The minimum atomic E-state index is -1.13. The van der Waals surface area contributed by atoms with Gasteiger partial charge in [-0.2, -0.15) is 0 Å². The van der Waals surface area contributed by atoms with Crippen molar-refractivity contribution in [1.82, 2.24) is 14.8 Å². The van der Waals surface area contributed by atoms with Crippen LogP contribution in [-0.4, -0.2) is 24.8 Å². The lowest BCUT2D eigenvalue weighted by Crippen LogP contribution is -2.17. The number of aromatic nitrogens is 3. The number of benzene rings is 2. The molecule has 1 aromatic heterocycles. The van der Waals surface area contributed by atoms with Crippen molar-refractivity contribution in [3.05, 3.63) is 63.2 Å². The van der Waals surface area contributed by atoms with Crippen molar-refractivity contribution in [1.29, 1.82) is 0 Å². The zero-order chi connectivity index (χ0) is 16.8. The van der Waals surface area contributed by atoms with Crippen LogP contribution in [0.15, 0.2) is 52.5 Å². The molecule has 2 heterocycles. The summed E-state index contributed by atoms with van der Waals surface area (Å²) in [6, 6.07) is 11.5. The Labute approximate surface area is 145 Å². The molecule has 0 bridgehead atoms. The Bertz CT molecular complexity index is 975. The van der Waals surface area contributed by atoms with Crippen LogP contribution in [0.5, 0.6) is 0 Å². The minimum Gasteiger partial charge on any atom is -0.368 e. The summed E-state index contributed by atoms with van der Waals surface area (Å²) in [4.78, 5) is 15.6. The summed E-state index contributed by atoms with van der Waals surface area (Å²) in [6.45, 7) is 0. The summed E-state index contributed by atoms with van der Waals surface area (Å²) in [5, 5.41) is 26.9. The van der Waals surface area contributed by atoms with Crippen LogP contribution >= 0.6 is 23.4 Å². The van der Waals surface area contributed by atoms with E-state index in [0.717, 1.165) is 5.56 Å². The Kier molecular flexibility index (Phi) is 3.52. The Balaban J connectivity index is 1.78. The monoisotopic (exact) mass is 360 g/mol. The molecule has 4 rings (SSSR count). The third-order valence-electron chi connectivity index (χ3n) is 3.60. The van der Waals surface area contributed by atoms with Gasteiger partial charge in [0, 0.05) is 33.2 Å². The second kappa shape index (κ2) is 5.59. The van der Waals surface area contributed by atoms with E-state index in [0.29, 0.717) is 26.5 Å². The Morgan fingerprint density at radius 3 is 2.88 bits per heavy atom. The smallest absolute Gasteiger partial charge is 0.269 e. The molecule has 2 aromatic carbocycles. The van der Waals surface area contributed by atoms with Gasteiger partial charge in [-0.25, -0.2) is 9.67 Å².